The Hall–Kier alpha value is -2.80. The SMILES string of the molecule is CNC(=O)c1c(N)n(-c2c(C)ccc(O)c2C)c2nc(Cl)ncc12. The van der Waals surface area contributed by atoms with Crippen molar-refractivity contribution in [2.24, 2.45) is 0 Å². The van der Waals surface area contributed by atoms with Crippen LogP contribution in [0.25, 0.3) is 16.7 Å². The third-order valence-corrected chi connectivity index (χ3v) is 4.18. The Bertz CT molecular complexity index is 980. The molecule has 0 radical (unpaired) electrons. The van der Waals surface area contributed by atoms with Crippen LogP contribution in [0.2, 0.25) is 5.28 Å². The number of halogens is 1. The van der Waals surface area contributed by atoms with Gasteiger partial charge in [0.25, 0.3) is 5.91 Å². The standard InChI is InChI=1S/C16H16ClN5O2/c1-7-4-5-10(23)8(2)12(7)22-13(18)11(15(24)19-3)9-6-20-16(17)21-14(9)22/h4-6,23H,18H2,1-3H3,(H,19,24). The Morgan fingerprint density at radius 2 is 2.08 bits per heavy atom. The molecule has 0 spiro atoms. The molecule has 2 aromatic heterocycles. The summed E-state index contributed by atoms with van der Waals surface area (Å²) in [5.74, 6) is -0.0196. The number of benzene rings is 1. The minimum absolute atomic E-state index is 0.0418. The maximum absolute atomic E-state index is 12.3. The lowest BCUT2D eigenvalue weighted by Crippen LogP contribution is -2.19. The number of carbonyl (C=O) groups excluding carboxylic acids is 1. The molecule has 124 valence electrons. The summed E-state index contributed by atoms with van der Waals surface area (Å²) >= 11 is 5.94. The molecule has 0 aliphatic rings. The number of hydrogen-bond donors (Lipinski definition) is 3. The number of fused-ring (bicyclic) bond motifs is 1. The topological polar surface area (TPSA) is 106 Å². The van der Waals surface area contributed by atoms with Gasteiger partial charge < -0.3 is 16.2 Å². The van der Waals surface area contributed by atoms with E-state index in [4.69, 9.17) is 17.3 Å². The second-order valence-electron chi connectivity index (χ2n) is 5.43. The first-order valence-electron chi connectivity index (χ1n) is 7.20. The van der Waals surface area contributed by atoms with Crippen LogP contribution in [0.5, 0.6) is 5.75 Å². The van der Waals surface area contributed by atoms with E-state index in [2.05, 4.69) is 15.3 Å². The summed E-state index contributed by atoms with van der Waals surface area (Å²) in [5.41, 5.74) is 9.09. The second kappa shape index (κ2) is 5.68. The van der Waals surface area contributed by atoms with Gasteiger partial charge in [0, 0.05) is 18.8 Å². The average molecular weight is 346 g/mol. The summed E-state index contributed by atoms with van der Waals surface area (Å²) in [5, 5.41) is 13.2. The zero-order valence-corrected chi connectivity index (χ0v) is 14.1. The van der Waals surface area contributed by atoms with Gasteiger partial charge in [-0.1, -0.05) is 6.07 Å². The van der Waals surface area contributed by atoms with Crippen LogP contribution in [0.4, 0.5) is 5.82 Å². The lowest BCUT2D eigenvalue weighted by molar-refractivity contribution is 0.0965. The minimum Gasteiger partial charge on any atom is -0.508 e. The molecule has 2 heterocycles. The van der Waals surface area contributed by atoms with Crippen LogP contribution in [0, 0.1) is 13.8 Å². The van der Waals surface area contributed by atoms with Gasteiger partial charge in [0.05, 0.1) is 16.6 Å². The minimum atomic E-state index is -0.349. The van der Waals surface area contributed by atoms with Gasteiger partial charge in [-0.05, 0) is 37.1 Å². The van der Waals surface area contributed by atoms with Crippen molar-refractivity contribution in [3.05, 3.63) is 40.3 Å². The van der Waals surface area contributed by atoms with Crippen molar-refractivity contribution in [3.8, 4) is 11.4 Å². The summed E-state index contributed by atoms with van der Waals surface area (Å²) in [4.78, 5) is 20.5. The number of nitrogens with zero attached hydrogens (tertiary/aromatic N) is 3. The van der Waals surface area contributed by atoms with Gasteiger partial charge in [0.1, 0.15) is 11.6 Å². The monoisotopic (exact) mass is 345 g/mol. The summed E-state index contributed by atoms with van der Waals surface area (Å²) in [6.45, 7) is 3.65. The first kappa shape index (κ1) is 16.1. The van der Waals surface area contributed by atoms with E-state index in [0.29, 0.717) is 22.3 Å². The lowest BCUT2D eigenvalue weighted by atomic mass is 10.1. The second-order valence-corrected chi connectivity index (χ2v) is 5.76. The Kier molecular flexibility index (Phi) is 3.81. The van der Waals surface area contributed by atoms with Crippen LogP contribution in [-0.2, 0) is 0 Å². The molecule has 0 aliphatic heterocycles. The number of amides is 1. The van der Waals surface area contributed by atoms with Crippen LogP contribution in [-0.4, -0.2) is 32.6 Å². The summed E-state index contributed by atoms with van der Waals surface area (Å²) in [7, 11) is 1.52. The van der Waals surface area contributed by atoms with Crippen molar-refractivity contribution >= 4 is 34.4 Å². The number of phenolic OH excluding ortho intramolecular Hbond substituents is 1. The maximum atomic E-state index is 12.3. The van der Waals surface area contributed by atoms with Crippen molar-refractivity contribution in [3.63, 3.8) is 0 Å². The number of carbonyl (C=O) groups is 1. The molecule has 7 nitrogen and oxygen atoms in total. The number of anilines is 1. The van der Waals surface area contributed by atoms with Crippen LogP contribution >= 0.6 is 11.6 Å². The molecule has 0 fully saturated rings. The highest BCUT2D eigenvalue weighted by molar-refractivity contribution is 6.28. The zero-order valence-electron chi connectivity index (χ0n) is 13.4. The van der Waals surface area contributed by atoms with Gasteiger partial charge in [-0.2, -0.15) is 4.98 Å². The largest absolute Gasteiger partial charge is 0.508 e. The third kappa shape index (κ3) is 2.25. The number of hydrogen-bond acceptors (Lipinski definition) is 5. The van der Waals surface area contributed by atoms with Crippen molar-refractivity contribution in [1.82, 2.24) is 19.9 Å². The number of aryl methyl sites for hydroxylation is 1. The molecule has 8 heteroatoms. The fourth-order valence-corrected chi connectivity index (χ4v) is 2.95. The number of nitrogen functional groups attached to an aromatic ring is 1. The number of aromatic nitrogens is 3. The van der Waals surface area contributed by atoms with E-state index in [-0.39, 0.29) is 28.3 Å². The van der Waals surface area contributed by atoms with Gasteiger partial charge >= 0.3 is 0 Å². The molecule has 0 bridgehead atoms. The van der Waals surface area contributed by atoms with E-state index >= 15 is 0 Å². The third-order valence-electron chi connectivity index (χ3n) is 4.00. The Balaban J connectivity index is 2.50. The van der Waals surface area contributed by atoms with Crippen LogP contribution < -0.4 is 11.1 Å². The molecule has 0 atom stereocenters. The van der Waals surface area contributed by atoms with Crippen LogP contribution in [0.1, 0.15) is 21.5 Å². The highest BCUT2D eigenvalue weighted by atomic mass is 35.5. The highest BCUT2D eigenvalue weighted by Gasteiger charge is 2.24. The quantitative estimate of drug-likeness (QED) is 0.618. The number of nitrogens with two attached hydrogens (primary N) is 1. The van der Waals surface area contributed by atoms with E-state index in [9.17, 15) is 9.90 Å². The molecular weight excluding hydrogens is 330 g/mol. The summed E-state index contributed by atoms with van der Waals surface area (Å²) in [6.07, 6.45) is 1.47. The summed E-state index contributed by atoms with van der Waals surface area (Å²) in [6, 6.07) is 3.38. The molecule has 0 aliphatic carbocycles. The predicted octanol–water partition coefficient (Wildman–Crippen LogP) is 2.34. The molecular formula is C16H16ClN5O2. The van der Waals surface area contributed by atoms with Gasteiger partial charge in [-0.3, -0.25) is 9.36 Å². The number of aromatic hydroxyl groups is 1. The zero-order chi connectivity index (χ0) is 17.6. The molecule has 0 saturated heterocycles. The number of rotatable bonds is 2. The predicted molar refractivity (Wildman–Crippen MR) is 92.8 cm³/mol. The molecule has 4 N–H and O–H groups in total. The maximum Gasteiger partial charge on any atom is 0.255 e. The van der Waals surface area contributed by atoms with Crippen molar-refractivity contribution in [2.75, 3.05) is 12.8 Å². The Morgan fingerprint density at radius 1 is 1.38 bits per heavy atom. The van der Waals surface area contributed by atoms with E-state index < -0.39 is 0 Å². The molecule has 3 rings (SSSR count). The van der Waals surface area contributed by atoms with Crippen LogP contribution in [0.15, 0.2) is 18.3 Å². The Labute approximate surface area is 143 Å². The fourth-order valence-electron chi connectivity index (χ4n) is 2.82. The average Bonchev–Trinajstić information content (AvgIpc) is 2.83. The number of nitrogens with one attached hydrogen (secondary N) is 1. The van der Waals surface area contributed by atoms with Gasteiger partial charge in [0.15, 0.2) is 5.65 Å². The van der Waals surface area contributed by atoms with Gasteiger partial charge in [-0.15, -0.1) is 0 Å². The lowest BCUT2D eigenvalue weighted by Gasteiger charge is -2.15. The van der Waals surface area contributed by atoms with Crippen molar-refractivity contribution in [2.45, 2.75) is 13.8 Å². The van der Waals surface area contributed by atoms with Crippen molar-refractivity contribution in [1.29, 1.82) is 0 Å². The smallest absolute Gasteiger partial charge is 0.255 e. The Morgan fingerprint density at radius 3 is 2.75 bits per heavy atom. The van der Waals surface area contributed by atoms with Gasteiger partial charge in [-0.25, -0.2) is 4.98 Å². The normalized spacial score (nSPS) is 11.0. The fraction of sp³-hybridized carbons (Fsp3) is 0.188. The number of phenols is 1. The van der Waals surface area contributed by atoms with E-state index in [1.807, 2.05) is 6.92 Å². The van der Waals surface area contributed by atoms with E-state index in [1.165, 1.54) is 13.2 Å². The molecule has 0 unspecified atom stereocenters. The highest BCUT2D eigenvalue weighted by Crippen LogP contribution is 2.35. The van der Waals surface area contributed by atoms with E-state index in [0.717, 1.165) is 5.56 Å². The molecule has 24 heavy (non-hydrogen) atoms. The first-order chi connectivity index (χ1) is 11.4. The molecule has 1 amide bonds. The summed E-state index contributed by atoms with van der Waals surface area (Å²) < 4.78 is 1.62. The first-order valence-corrected chi connectivity index (χ1v) is 7.58. The molecule has 3 aromatic rings. The van der Waals surface area contributed by atoms with Gasteiger partial charge in [0.2, 0.25) is 5.28 Å². The molecule has 0 saturated carbocycles. The van der Waals surface area contributed by atoms with E-state index in [1.54, 1.807) is 23.6 Å². The van der Waals surface area contributed by atoms with Crippen LogP contribution in [0.3, 0.4) is 0 Å². The van der Waals surface area contributed by atoms with Crippen molar-refractivity contribution < 1.29 is 9.90 Å². The molecule has 1 aromatic carbocycles.